The summed E-state index contributed by atoms with van der Waals surface area (Å²) in [5, 5.41) is 10.3. The Morgan fingerprint density at radius 2 is 1.91 bits per heavy atom. The van der Waals surface area contributed by atoms with Crippen molar-refractivity contribution in [3.05, 3.63) is 53.1 Å². The number of anilines is 2. The quantitative estimate of drug-likeness (QED) is 0.297. The van der Waals surface area contributed by atoms with Crippen molar-refractivity contribution < 1.29 is 0 Å². The van der Waals surface area contributed by atoms with E-state index in [0.717, 1.165) is 65.2 Å². The highest BCUT2D eigenvalue weighted by Crippen LogP contribution is 2.37. The first kappa shape index (κ1) is 22.3. The third-order valence-electron chi connectivity index (χ3n) is 6.63. The highest BCUT2D eigenvalue weighted by atomic mass is 79.9. The van der Waals surface area contributed by atoms with E-state index in [1.807, 2.05) is 14.4 Å². The van der Waals surface area contributed by atoms with Gasteiger partial charge in [0.25, 0.3) is 0 Å². The average Bonchev–Trinajstić information content (AvgIpc) is 3.28. The topological polar surface area (TPSA) is 62.5 Å². The Balaban J connectivity index is 1.65. The summed E-state index contributed by atoms with van der Waals surface area (Å²) in [6.07, 6.45) is 7.46. The molecule has 0 saturated carbocycles. The van der Waals surface area contributed by atoms with E-state index in [1.54, 1.807) is 18.7 Å². The predicted molar refractivity (Wildman–Crippen MR) is 137 cm³/mol. The van der Waals surface area contributed by atoms with Gasteiger partial charge in [-0.15, -0.1) is 10.2 Å². The van der Waals surface area contributed by atoms with Gasteiger partial charge in [0, 0.05) is 30.2 Å². The van der Waals surface area contributed by atoms with Crippen molar-refractivity contribution >= 4 is 55.9 Å². The number of aryl methyl sites for hydroxylation is 1. The zero-order valence-electron chi connectivity index (χ0n) is 19.3. The lowest BCUT2D eigenvalue weighted by Gasteiger charge is -2.37. The van der Waals surface area contributed by atoms with Gasteiger partial charge in [0.05, 0.1) is 44.6 Å². The van der Waals surface area contributed by atoms with Crippen LogP contribution in [0.3, 0.4) is 0 Å². The minimum Gasteiger partial charge on any atom is -0.342 e. The van der Waals surface area contributed by atoms with Gasteiger partial charge in [-0.25, -0.2) is 4.98 Å². The maximum absolute atomic E-state index is 6.19. The first-order valence-corrected chi connectivity index (χ1v) is 12.3. The largest absolute Gasteiger partial charge is 0.342 e. The summed E-state index contributed by atoms with van der Waals surface area (Å²) in [5.74, 6) is 0.904. The predicted octanol–water partition coefficient (Wildman–Crippen LogP) is 6.14. The molecule has 1 saturated heterocycles. The number of halogens is 2. The molecule has 1 aromatic carbocycles. The van der Waals surface area contributed by atoms with Gasteiger partial charge in [0.15, 0.2) is 5.65 Å². The summed E-state index contributed by atoms with van der Waals surface area (Å²) >= 11 is 9.94. The van der Waals surface area contributed by atoms with E-state index >= 15 is 0 Å². The van der Waals surface area contributed by atoms with E-state index in [1.165, 1.54) is 0 Å². The zero-order valence-corrected chi connectivity index (χ0v) is 21.6. The van der Waals surface area contributed by atoms with Crippen LogP contribution < -0.4 is 8.83 Å². The van der Waals surface area contributed by atoms with Crippen LogP contribution in [0.1, 0.15) is 50.8 Å². The van der Waals surface area contributed by atoms with Crippen LogP contribution in [0, 0.1) is 12.3 Å². The number of aromatic nitrogens is 5. The first-order chi connectivity index (χ1) is 15.7. The maximum atomic E-state index is 6.19. The number of fused-ring (bicyclic) bond motifs is 3. The van der Waals surface area contributed by atoms with Crippen LogP contribution in [0.5, 0.6) is 0 Å². The standard InChI is InChI=1S/C24H27BrClN7/c1-15-9-19(16(2)33(25)18-11-17(26)12-27-13-18)21-20(10-15)22-30-28-14-32(22)23(29-21)31-7-5-24(3,4)6-8-31/h9-14,16H,5-8H2,1-4H3. The number of nitrogens with zero attached hydrogens (tertiary/aromatic N) is 7. The van der Waals surface area contributed by atoms with E-state index < -0.39 is 0 Å². The Hall–Kier alpha value is -2.45. The summed E-state index contributed by atoms with van der Waals surface area (Å²) in [7, 11) is 0. The fourth-order valence-electron chi connectivity index (χ4n) is 4.54. The number of rotatable bonds is 4. The molecule has 0 amide bonds. The lowest BCUT2D eigenvalue weighted by atomic mass is 9.83. The van der Waals surface area contributed by atoms with Crippen molar-refractivity contribution in [1.82, 2.24) is 24.6 Å². The van der Waals surface area contributed by atoms with Gasteiger partial charge in [-0.2, -0.15) is 0 Å². The van der Waals surface area contributed by atoms with Crippen molar-refractivity contribution in [3.63, 3.8) is 0 Å². The molecule has 33 heavy (non-hydrogen) atoms. The number of hydrogen-bond donors (Lipinski definition) is 0. The molecule has 1 atom stereocenters. The Labute approximate surface area is 207 Å². The number of benzene rings is 1. The molecule has 0 aliphatic carbocycles. The molecule has 7 nitrogen and oxygen atoms in total. The Morgan fingerprint density at radius 3 is 2.64 bits per heavy atom. The first-order valence-electron chi connectivity index (χ1n) is 11.2. The molecular weight excluding hydrogens is 502 g/mol. The summed E-state index contributed by atoms with van der Waals surface area (Å²) in [5.41, 5.74) is 5.26. The van der Waals surface area contributed by atoms with E-state index in [4.69, 9.17) is 16.6 Å². The molecule has 172 valence electrons. The van der Waals surface area contributed by atoms with Gasteiger partial charge in [-0.05, 0) is 49.8 Å². The molecule has 3 aromatic heterocycles. The van der Waals surface area contributed by atoms with Crippen LogP contribution in [0.15, 0.2) is 36.9 Å². The molecule has 4 aromatic rings. The summed E-state index contributed by atoms with van der Waals surface area (Å²) < 4.78 is 4.03. The van der Waals surface area contributed by atoms with E-state index in [2.05, 4.69) is 76.1 Å². The molecule has 0 radical (unpaired) electrons. The van der Waals surface area contributed by atoms with Crippen molar-refractivity contribution in [1.29, 1.82) is 0 Å². The van der Waals surface area contributed by atoms with Gasteiger partial charge in [-0.3, -0.25) is 13.3 Å². The molecule has 1 unspecified atom stereocenters. The highest BCUT2D eigenvalue weighted by Gasteiger charge is 2.28. The van der Waals surface area contributed by atoms with E-state index in [0.29, 0.717) is 10.4 Å². The van der Waals surface area contributed by atoms with Crippen molar-refractivity contribution in [2.75, 3.05) is 21.9 Å². The second-order valence-electron chi connectivity index (χ2n) is 9.69. The van der Waals surface area contributed by atoms with E-state index in [-0.39, 0.29) is 6.04 Å². The fraction of sp³-hybridized carbons (Fsp3) is 0.417. The van der Waals surface area contributed by atoms with Gasteiger partial charge in [0.2, 0.25) is 5.95 Å². The van der Waals surface area contributed by atoms with Crippen molar-refractivity contribution in [2.24, 2.45) is 5.41 Å². The molecular formula is C24H27BrClN7. The van der Waals surface area contributed by atoms with E-state index in [9.17, 15) is 0 Å². The van der Waals surface area contributed by atoms with Crippen molar-refractivity contribution in [3.8, 4) is 0 Å². The second kappa shape index (κ2) is 8.40. The van der Waals surface area contributed by atoms with Crippen LogP contribution in [0.2, 0.25) is 5.02 Å². The Morgan fingerprint density at radius 1 is 1.15 bits per heavy atom. The van der Waals surface area contributed by atoms with Gasteiger partial charge in [0.1, 0.15) is 6.33 Å². The molecule has 9 heteroatoms. The molecule has 0 N–H and O–H groups in total. The minimum atomic E-state index is -0.0290. The summed E-state index contributed by atoms with van der Waals surface area (Å²) in [6, 6.07) is 6.20. The lowest BCUT2D eigenvalue weighted by molar-refractivity contribution is 0.278. The van der Waals surface area contributed by atoms with Gasteiger partial charge >= 0.3 is 0 Å². The smallest absolute Gasteiger partial charge is 0.213 e. The zero-order chi connectivity index (χ0) is 23.3. The third kappa shape index (κ3) is 4.15. The number of hydrogen-bond acceptors (Lipinski definition) is 6. The second-order valence-corrected chi connectivity index (χ2v) is 10.9. The van der Waals surface area contributed by atoms with Crippen molar-refractivity contribution in [2.45, 2.75) is 46.6 Å². The molecule has 4 heterocycles. The maximum Gasteiger partial charge on any atom is 0.213 e. The number of pyridine rings is 1. The third-order valence-corrected chi connectivity index (χ3v) is 7.86. The van der Waals surface area contributed by atoms with Crippen LogP contribution in [-0.2, 0) is 0 Å². The Bertz CT molecular complexity index is 1330. The minimum absolute atomic E-state index is 0.0290. The summed E-state index contributed by atoms with van der Waals surface area (Å²) in [4.78, 5) is 11.8. The SMILES string of the molecule is Cc1cc(C(C)N(Br)c2cncc(Cl)c2)c2nc(N3CCC(C)(C)CC3)n3cnnc3c2c1. The normalized spacial score (nSPS) is 17.0. The van der Waals surface area contributed by atoms with Crippen LogP contribution in [0.25, 0.3) is 16.6 Å². The molecule has 0 bridgehead atoms. The molecule has 0 spiro atoms. The van der Waals surface area contributed by atoms with Gasteiger partial charge < -0.3 is 4.90 Å². The Kier molecular flexibility index (Phi) is 5.69. The molecule has 5 rings (SSSR count). The van der Waals surface area contributed by atoms with Crippen LogP contribution in [-0.4, -0.2) is 37.7 Å². The molecule has 1 fully saturated rings. The fourth-order valence-corrected chi connectivity index (χ4v) is 5.12. The average molecular weight is 529 g/mol. The molecule has 1 aliphatic rings. The van der Waals surface area contributed by atoms with Crippen LogP contribution in [0.4, 0.5) is 11.6 Å². The highest BCUT2D eigenvalue weighted by molar-refractivity contribution is 9.10. The van der Waals surface area contributed by atoms with Crippen LogP contribution >= 0.6 is 27.7 Å². The lowest BCUT2D eigenvalue weighted by Crippen LogP contribution is -2.38. The monoisotopic (exact) mass is 527 g/mol. The molecule has 1 aliphatic heterocycles. The summed E-state index contributed by atoms with van der Waals surface area (Å²) in [6.45, 7) is 10.8. The number of piperidine rings is 1. The van der Waals surface area contributed by atoms with Gasteiger partial charge in [-0.1, -0.05) is 31.5 Å².